The molecule has 0 radical (unpaired) electrons. The van der Waals surface area contributed by atoms with Gasteiger partial charge in [0.15, 0.2) is 0 Å². The lowest BCUT2D eigenvalue weighted by molar-refractivity contribution is -0.131. The SMILES string of the molecule is Cc1cccc(C(=O)NC2CCN(C3CCN(C)C3=O)CC2)c1O. The fourth-order valence-electron chi connectivity index (χ4n) is 3.60. The summed E-state index contributed by atoms with van der Waals surface area (Å²) in [7, 11) is 1.85. The van der Waals surface area contributed by atoms with Gasteiger partial charge in [0.2, 0.25) is 5.91 Å². The van der Waals surface area contributed by atoms with E-state index in [9.17, 15) is 14.7 Å². The number of para-hydroxylation sites is 1. The van der Waals surface area contributed by atoms with Crippen LogP contribution in [-0.4, -0.2) is 65.5 Å². The first-order chi connectivity index (χ1) is 11.5. The Morgan fingerprint density at radius 2 is 1.92 bits per heavy atom. The second kappa shape index (κ2) is 6.81. The normalized spacial score (nSPS) is 22.8. The minimum Gasteiger partial charge on any atom is -0.507 e. The van der Waals surface area contributed by atoms with Crippen molar-refractivity contribution in [2.75, 3.05) is 26.7 Å². The molecule has 6 nitrogen and oxygen atoms in total. The zero-order chi connectivity index (χ0) is 17.3. The van der Waals surface area contributed by atoms with Crippen LogP contribution < -0.4 is 5.32 Å². The number of amides is 2. The van der Waals surface area contributed by atoms with E-state index in [1.165, 1.54) is 0 Å². The maximum atomic E-state index is 12.4. The van der Waals surface area contributed by atoms with Crippen molar-refractivity contribution in [2.24, 2.45) is 0 Å². The number of carbonyl (C=O) groups excluding carboxylic acids is 2. The lowest BCUT2D eigenvalue weighted by atomic mass is 10.0. The van der Waals surface area contributed by atoms with Gasteiger partial charge in [0.05, 0.1) is 11.6 Å². The summed E-state index contributed by atoms with van der Waals surface area (Å²) >= 11 is 0. The van der Waals surface area contributed by atoms with Crippen LogP contribution in [-0.2, 0) is 4.79 Å². The fraction of sp³-hybridized carbons (Fsp3) is 0.556. The lowest BCUT2D eigenvalue weighted by Gasteiger charge is -2.35. The molecule has 6 heteroatoms. The van der Waals surface area contributed by atoms with Crippen LogP contribution in [0.4, 0.5) is 0 Å². The number of likely N-dealkylation sites (tertiary alicyclic amines) is 2. The number of hydrogen-bond donors (Lipinski definition) is 2. The summed E-state index contributed by atoms with van der Waals surface area (Å²) in [5.41, 5.74) is 1.02. The van der Waals surface area contributed by atoms with Gasteiger partial charge in [0, 0.05) is 32.7 Å². The smallest absolute Gasteiger partial charge is 0.255 e. The van der Waals surface area contributed by atoms with Crippen molar-refractivity contribution in [3.05, 3.63) is 29.3 Å². The van der Waals surface area contributed by atoms with Gasteiger partial charge in [-0.3, -0.25) is 14.5 Å². The van der Waals surface area contributed by atoms with Crippen molar-refractivity contribution in [3.63, 3.8) is 0 Å². The summed E-state index contributed by atoms with van der Waals surface area (Å²) in [5.74, 6) is 0.0283. The van der Waals surface area contributed by atoms with Gasteiger partial charge in [-0.1, -0.05) is 12.1 Å². The minimum absolute atomic E-state index is 0.00692. The number of nitrogens with zero attached hydrogens (tertiary/aromatic N) is 2. The summed E-state index contributed by atoms with van der Waals surface area (Å²) < 4.78 is 0. The molecule has 2 N–H and O–H groups in total. The third-order valence-electron chi connectivity index (χ3n) is 5.19. The topological polar surface area (TPSA) is 72.9 Å². The number of phenols is 1. The van der Waals surface area contributed by atoms with Crippen LogP contribution in [0.25, 0.3) is 0 Å². The summed E-state index contributed by atoms with van der Waals surface area (Å²) in [5, 5.41) is 13.0. The van der Waals surface area contributed by atoms with Crippen LogP contribution in [0.5, 0.6) is 5.75 Å². The number of aromatic hydroxyl groups is 1. The van der Waals surface area contributed by atoms with Crippen molar-refractivity contribution in [1.82, 2.24) is 15.1 Å². The van der Waals surface area contributed by atoms with Gasteiger partial charge in [-0.05, 0) is 37.8 Å². The summed E-state index contributed by atoms with van der Waals surface area (Å²) in [6, 6.07) is 5.28. The van der Waals surface area contributed by atoms with Crippen molar-refractivity contribution in [2.45, 2.75) is 38.3 Å². The molecule has 0 spiro atoms. The van der Waals surface area contributed by atoms with Crippen LogP contribution in [0.3, 0.4) is 0 Å². The van der Waals surface area contributed by atoms with Crippen molar-refractivity contribution >= 4 is 11.8 Å². The second-order valence-corrected chi connectivity index (χ2v) is 6.82. The largest absolute Gasteiger partial charge is 0.507 e. The average Bonchev–Trinajstić information content (AvgIpc) is 2.90. The Morgan fingerprint density at radius 1 is 1.21 bits per heavy atom. The van der Waals surface area contributed by atoms with Gasteiger partial charge in [-0.25, -0.2) is 0 Å². The molecule has 0 saturated carbocycles. The molecule has 1 aromatic rings. The monoisotopic (exact) mass is 331 g/mol. The van der Waals surface area contributed by atoms with E-state index in [0.29, 0.717) is 11.1 Å². The Bertz CT molecular complexity index is 638. The van der Waals surface area contributed by atoms with Crippen molar-refractivity contribution in [3.8, 4) is 5.75 Å². The summed E-state index contributed by atoms with van der Waals surface area (Å²) in [6.45, 7) is 4.23. The Balaban J connectivity index is 1.55. The number of likely N-dealkylation sites (N-methyl/N-ethyl adjacent to an activating group) is 1. The number of carbonyl (C=O) groups is 2. The molecule has 0 aromatic heterocycles. The van der Waals surface area contributed by atoms with E-state index in [1.54, 1.807) is 30.0 Å². The molecule has 3 rings (SSSR count). The predicted octanol–water partition coefficient (Wildman–Crippen LogP) is 1.13. The third kappa shape index (κ3) is 3.24. The highest BCUT2D eigenvalue weighted by atomic mass is 16.3. The molecule has 2 heterocycles. The first kappa shape index (κ1) is 16.8. The van der Waals surface area contributed by atoms with E-state index in [4.69, 9.17) is 0 Å². The quantitative estimate of drug-likeness (QED) is 0.871. The standard InChI is InChI=1S/C18H25N3O3/c1-12-4-3-5-14(16(12)22)17(23)19-13-6-10-21(11-7-13)15-8-9-20(2)18(15)24/h3-5,13,15,22H,6-11H2,1-2H3,(H,19,23). The van der Waals surface area contributed by atoms with Crippen molar-refractivity contribution in [1.29, 1.82) is 0 Å². The van der Waals surface area contributed by atoms with E-state index in [2.05, 4.69) is 10.2 Å². The van der Waals surface area contributed by atoms with Gasteiger partial charge < -0.3 is 15.3 Å². The van der Waals surface area contributed by atoms with E-state index < -0.39 is 0 Å². The molecular weight excluding hydrogens is 306 g/mol. The molecule has 24 heavy (non-hydrogen) atoms. The highest BCUT2D eigenvalue weighted by molar-refractivity contribution is 5.97. The maximum absolute atomic E-state index is 12.4. The van der Waals surface area contributed by atoms with E-state index in [-0.39, 0.29) is 29.6 Å². The van der Waals surface area contributed by atoms with Crippen LogP contribution in [0.15, 0.2) is 18.2 Å². The van der Waals surface area contributed by atoms with Gasteiger partial charge in [-0.15, -0.1) is 0 Å². The van der Waals surface area contributed by atoms with E-state index in [0.717, 1.165) is 38.9 Å². The Hall–Kier alpha value is -2.08. The Kier molecular flexibility index (Phi) is 4.76. The third-order valence-corrected chi connectivity index (χ3v) is 5.19. The maximum Gasteiger partial charge on any atom is 0.255 e. The van der Waals surface area contributed by atoms with Gasteiger partial charge in [0.1, 0.15) is 5.75 Å². The summed E-state index contributed by atoms with van der Waals surface area (Å²) in [6.07, 6.45) is 2.54. The first-order valence-corrected chi connectivity index (χ1v) is 8.56. The summed E-state index contributed by atoms with van der Waals surface area (Å²) in [4.78, 5) is 28.5. The van der Waals surface area contributed by atoms with Gasteiger partial charge in [-0.2, -0.15) is 0 Å². The van der Waals surface area contributed by atoms with Crippen molar-refractivity contribution < 1.29 is 14.7 Å². The number of nitrogens with one attached hydrogen (secondary N) is 1. The molecule has 1 unspecified atom stereocenters. The van der Waals surface area contributed by atoms with Crippen LogP contribution in [0.1, 0.15) is 35.2 Å². The van der Waals surface area contributed by atoms with Crippen LogP contribution in [0, 0.1) is 6.92 Å². The fourth-order valence-corrected chi connectivity index (χ4v) is 3.60. The van der Waals surface area contributed by atoms with E-state index in [1.807, 2.05) is 7.05 Å². The van der Waals surface area contributed by atoms with Gasteiger partial charge in [0.25, 0.3) is 5.91 Å². The number of hydrogen-bond acceptors (Lipinski definition) is 4. The highest BCUT2D eigenvalue weighted by Crippen LogP contribution is 2.23. The minimum atomic E-state index is -0.230. The molecule has 2 saturated heterocycles. The number of aryl methyl sites for hydroxylation is 1. The Morgan fingerprint density at radius 3 is 2.54 bits per heavy atom. The molecule has 0 aliphatic carbocycles. The molecule has 2 amide bonds. The molecule has 2 aliphatic rings. The first-order valence-electron chi connectivity index (χ1n) is 8.56. The van der Waals surface area contributed by atoms with E-state index >= 15 is 0 Å². The number of benzene rings is 1. The number of rotatable bonds is 3. The highest BCUT2D eigenvalue weighted by Gasteiger charge is 2.35. The molecule has 130 valence electrons. The molecule has 2 aliphatic heterocycles. The zero-order valence-corrected chi connectivity index (χ0v) is 14.3. The number of phenolic OH excluding ortho intramolecular Hbond substituents is 1. The molecule has 1 atom stereocenters. The molecule has 1 aromatic carbocycles. The molecule has 2 fully saturated rings. The molecular formula is C18H25N3O3. The Labute approximate surface area is 142 Å². The second-order valence-electron chi connectivity index (χ2n) is 6.82. The predicted molar refractivity (Wildman–Crippen MR) is 90.9 cm³/mol. The average molecular weight is 331 g/mol. The van der Waals surface area contributed by atoms with Crippen LogP contribution >= 0.6 is 0 Å². The lowest BCUT2D eigenvalue weighted by Crippen LogP contribution is -2.50. The zero-order valence-electron chi connectivity index (χ0n) is 14.3. The van der Waals surface area contributed by atoms with Gasteiger partial charge >= 0.3 is 0 Å². The molecule has 0 bridgehead atoms. The van der Waals surface area contributed by atoms with Crippen LogP contribution in [0.2, 0.25) is 0 Å². The number of piperidine rings is 1.